The Kier molecular flexibility index (Phi) is 15.5. The van der Waals surface area contributed by atoms with Gasteiger partial charge in [-0.2, -0.15) is 21.6 Å². The molecule has 3 aromatic rings. The second kappa shape index (κ2) is 18.2. The third kappa shape index (κ3) is 14.3. The summed E-state index contributed by atoms with van der Waals surface area (Å²) < 4.78 is 62.8. The molecule has 10 N–H and O–H groups in total. The van der Waals surface area contributed by atoms with Crippen LogP contribution in [-0.4, -0.2) is 89.9 Å². The van der Waals surface area contributed by atoms with E-state index in [2.05, 4.69) is 15.6 Å². The number of nitrogen functional groups attached to an aromatic ring is 1. The third-order valence-corrected chi connectivity index (χ3v) is 6.15. The lowest BCUT2D eigenvalue weighted by atomic mass is 9.95. The van der Waals surface area contributed by atoms with Gasteiger partial charge in [-0.1, -0.05) is 19.9 Å². The number of methoxy groups -OCH3 is 1. The average Bonchev–Trinajstić information content (AvgIpc) is 3.02. The second-order valence-electron chi connectivity index (χ2n) is 10.4. The van der Waals surface area contributed by atoms with E-state index in [1.54, 1.807) is 24.3 Å². The van der Waals surface area contributed by atoms with Gasteiger partial charge in [-0.15, -0.1) is 0 Å². The van der Waals surface area contributed by atoms with Crippen molar-refractivity contribution in [3.05, 3.63) is 77.0 Å². The minimum absolute atomic E-state index is 0.0809. The maximum atomic E-state index is 13.2. The number of anilines is 1. The first-order valence-electron chi connectivity index (χ1n) is 13.9. The Labute approximate surface area is 283 Å². The van der Waals surface area contributed by atoms with E-state index >= 15 is 0 Å². The first-order valence-corrected chi connectivity index (χ1v) is 15.8. The number of carboxylic acids is 2. The van der Waals surface area contributed by atoms with Crippen molar-refractivity contribution in [1.29, 1.82) is 5.41 Å². The number of amidine groups is 1. The molecule has 0 bridgehead atoms. The molecule has 50 heavy (non-hydrogen) atoms. The van der Waals surface area contributed by atoms with Crippen LogP contribution in [0, 0.1) is 11.3 Å². The summed E-state index contributed by atoms with van der Waals surface area (Å²) >= 11 is 0. The number of hydrogen-bond donors (Lipinski definition) is 8. The molecule has 0 spiro atoms. The Morgan fingerprint density at radius 1 is 0.960 bits per heavy atom. The van der Waals surface area contributed by atoms with E-state index in [4.69, 9.17) is 36.1 Å². The van der Waals surface area contributed by atoms with Gasteiger partial charge in [-0.25, -0.2) is 14.6 Å². The number of nitrogens with two attached hydrogens (primary N) is 2. The van der Waals surface area contributed by atoms with Crippen LogP contribution in [0.2, 0.25) is 0 Å². The lowest BCUT2D eigenvalue weighted by Gasteiger charge is -2.17. The van der Waals surface area contributed by atoms with Gasteiger partial charge >= 0.3 is 18.1 Å². The van der Waals surface area contributed by atoms with Crippen LogP contribution >= 0.6 is 0 Å². The minimum Gasteiger partial charge on any atom is -0.481 e. The van der Waals surface area contributed by atoms with Gasteiger partial charge in [-0.05, 0) is 53.9 Å². The predicted molar refractivity (Wildman–Crippen MR) is 175 cm³/mol. The molecule has 0 radical (unpaired) electrons. The summed E-state index contributed by atoms with van der Waals surface area (Å²) in [6, 6.07) is 13.3. The number of aromatic carboxylic acids is 1. The van der Waals surface area contributed by atoms with E-state index in [0.29, 0.717) is 17.5 Å². The Hall–Kier alpha value is -5.60. The van der Waals surface area contributed by atoms with Gasteiger partial charge in [-0.3, -0.25) is 19.6 Å². The van der Waals surface area contributed by atoms with E-state index in [0.717, 1.165) is 0 Å². The lowest BCUT2D eigenvalue weighted by molar-refractivity contribution is -0.192. The summed E-state index contributed by atoms with van der Waals surface area (Å²) in [4.78, 5) is 51.2. The molecule has 0 saturated heterocycles. The molecule has 0 aliphatic carbocycles. The molecule has 1 atom stereocenters. The fraction of sp³-hybridized carbons (Fsp3) is 0.267. The topological polar surface area (TPSA) is 285 Å². The number of carbonyl (C=O) groups excluding carboxylic acids is 2. The Morgan fingerprint density at radius 2 is 1.46 bits per heavy atom. The molecule has 0 fully saturated rings. The number of ether oxygens (including phenoxy) is 1. The van der Waals surface area contributed by atoms with Gasteiger partial charge in [0, 0.05) is 41.0 Å². The van der Waals surface area contributed by atoms with Crippen LogP contribution in [0.3, 0.4) is 0 Å². The van der Waals surface area contributed by atoms with E-state index in [1.807, 2.05) is 13.8 Å². The number of carboxylic acid groups (broad SMARTS) is 2. The van der Waals surface area contributed by atoms with Crippen molar-refractivity contribution in [3.8, 4) is 17.0 Å². The van der Waals surface area contributed by atoms with Crippen LogP contribution in [0.25, 0.3) is 11.1 Å². The molecule has 272 valence electrons. The number of hydrogen-bond acceptors (Lipinski definition) is 10. The van der Waals surface area contributed by atoms with Gasteiger partial charge in [0.1, 0.15) is 11.5 Å². The van der Waals surface area contributed by atoms with Crippen molar-refractivity contribution in [2.45, 2.75) is 26.1 Å². The van der Waals surface area contributed by atoms with E-state index in [9.17, 15) is 41.1 Å². The Morgan fingerprint density at radius 3 is 1.90 bits per heavy atom. The van der Waals surface area contributed by atoms with Crippen molar-refractivity contribution in [2.75, 3.05) is 25.2 Å². The lowest BCUT2D eigenvalue weighted by Crippen LogP contribution is -2.40. The summed E-state index contributed by atoms with van der Waals surface area (Å²) in [6.07, 6.45) is -4.37. The molecule has 0 saturated carbocycles. The monoisotopic (exact) mass is 728 g/mol. The Balaban J connectivity index is 0.000000890. The number of benzene rings is 2. The van der Waals surface area contributed by atoms with Gasteiger partial charge in [0.15, 0.2) is 0 Å². The number of nitrogens with zero attached hydrogens (tertiary/aromatic N) is 1. The quantitative estimate of drug-likeness (QED) is 0.0848. The van der Waals surface area contributed by atoms with Crippen LogP contribution in [0.1, 0.15) is 50.6 Å². The standard InChI is InChI=1S/C27H30N6O5.C2HF3O2.CH4O3S/c1-14(2)21(28)13-31-25(34)16-6-9-18(20(12-16)27(36)37)19-10-11-22(38-3)33-23(19)26(35)32-17-7-4-15(5-8-17)24(29)30;3-2(4,5)1(6)7;1-5(2,3)4/h4-12,14,21H,13,28H2,1-3H3,(H3,29,30)(H,31,34)(H,32,35)(H,36,37);(H,6,7);1H3,(H,2,3,4). The molecular formula is C30H35F3N6O10S. The van der Waals surface area contributed by atoms with Crippen molar-refractivity contribution >= 4 is 45.4 Å². The van der Waals surface area contributed by atoms with Crippen LogP contribution in [0.15, 0.2) is 54.6 Å². The number of halogens is 3. The van der Waals surface area contributed by atoms with Gasteiger partial charge < -0.3 is 37.1 Å². The molecule has 20 heteroatoms. The first-order chi connectivity index (χ1) is 23.0. The molecule has 0 aliphatic heterocycles. The number of aliphatic carboxylic acids is 1. The first kappa shape index (κ1) is 42.4. The van der Waals surface area contributed by atoms with Crippen molar-refractivity contribution < 1.29 is 60.3 Å². The van der Waals surface area contributed by atoms with E-state index in [-0.39, 0.29) is 58.2 Å². The number of carbonyl (C=O) groups is 4. The smallest absolute Gasteiger partial charge is 0.481 e. The van der Waals surface area contributed by atoms with Crippen molar-refractivity contribution in [1.82, 2.24) is 10.3 Å². The Bertz CT molecular complexity index is 1810. The van der Waals surface area contributed by atoms with Crippen LogP contribution in [0.4, 0.5) is 18.9 Å². The summed E-state index contributed by atoms with van der Waals surface area (Å²) in [6.45, 7) is 4.11. The number of aromatic nitrogens is 1. The fourth-order valence-electron chi connectivity index (χ4n) is 3.51. The number of rotatable bonds is 10. The van der Waals surface area contributed by atoms with Crippen molar-refractivity contribution in [2.24, 2.45) is 17.4 Å². The number of amides is 2. The zero-order valence-electron chi connectivity index (χ0n) is 26.9. The number of pyridine rings is 1. The SMILES string of the molecule is COc1ccc(-c2ccc(C(=O)NCC(N)C(C)C)cc2C(=O)O)c(C(=O)Nc2ccc(C(=N)N)cc2)n1.CS(=O)(=O)O.O=C(O)C(F)(F)F. The normalized spacial score (nSPS) is 11.5. The molecule has 16 nitrogen and oxygen atoms in total. The predicted octanol–water partition coefficient (Wildman–Crippen LogP) is 2.84. The zero-order valence-corrected chi connectivity index (χ0v) is 27.7. The van der Waals surface area contributed by atoms with E-state index < -0.39 is 40.0 Å². The maximum Gasteiger partial charge on any atom is 0.490 e. The largest absolute Gasteiger partial charge is 0.490 e. The molecule has 1 unspecified atom stereocenters. The molecule has 2 aromatic carbocycles. The average molecular weight is 729 g/mol. The molecule has 1 aromatic heterocycles. The third-order valence-electron chi connectivity index (χ3n) is 6.15. The van der Waals surface area contributed by atoms with Crippen LogP contribution in [-0.2, 0) is 14.9 Å². The van der Waals surface area contributed by atoms with Gasteiger partial charge in [0.05, 0.1) is 18.9 Å². The molecule has 3 rings (SSSR count). The number of alkyl halides is 3. The highest BCUT2D eigenvalue weighted by Crippen LogP contribution is 2.30. The van der Waals surface area contributed by atoms with Gasteiger partial charge in [0.25, 0.3) is 21.9 Å². The summed E-state index contributed by atoms with van der Waals surface area (Å²) in [5.41, 5.74) is 12.7. The fourth-order valence-corrected chi connectivity index (χ4v) is 3.51. The maximum absolute atomic E-state index is 13.2. The highest BCUT2D eigenvalue weighted by Gasteiger charge is 2.38. The highest BCUT2D eigenvalue weighted by atomic mass is 32.2. The van der Waals surface area contributed by atoms with Gasteiger partial charge in [0.2, 0.25) is 5.88 Å². The molecule has 2 amide bonds. The van der Waals surface area contributed by atoms with Crippen molar-refractivity contribution in [3.63, 3.8) is 0 Å². The number of nitrogens with one attached hydrogen (secondary N) is 3. The minimum atomic E-state index is -5.08. The molecule has 0 aliphatic rings. The zero-order chi connectivity index (χ0) is 38.6. The molecule has 1 heterocycles. The summed E-state index contributed by atoms with van der Waals surface area (Å²) in [7, 11) is -2.27. The van der Waals surface area contributed by atoms with Crippen LogP contribution < -0.4 is 26.8 Å². The summed E-state index contributed by atoms with van der Waals surface area (Å²) in [5.74, 6) is -4.92. The highest BCUT2D eigenvalue weighted by molar-refractivity contribution is 7.85. The summed E-state index contributed by atoms with van der Waals surface area (Å²) in [5, 5.41) is 30.0. The molecular weight excluding hydrogens is 693 g/mol. The second-order valence-corrected chi connectivity index (χ2v) is 11.9. The van der Waals surface area contributed by atoms with Crippen LogP contribution in [0.5, 0.6) is 5.88 Å². The van der Waals surface area contributed by atoms with E-state index in [1.165, 1.54) is 37.4 Å².